The summed E-state index contributed by atoms with van der Waals surface area (Å²) in [7, 11) is 0. The van der Waals surface area contributed by atoms with Gasteiger partial charge in [0, 0.05) is 17.1 Å². The predicted octanol–water partition coefficient (Wildman–Crippen LogP) is 5.90. The van der Waals surface area contributed by atoms with Gasteiger partial charge in [0.05, 0.1) is 11.3 Å². The molecule has 0 fully saturated rings. The van der Waals surface area contributed by atoms with Crippen molar-refractivity contribution in [1.82, 2.24) is 9.78 Å². The van der Waals surface area contributed by atoms with Crippen molar-refractivity contribution >= 4 is 17.0 Å². The van der Waals surface area contributed by atoms with Crippen LogP contribution in [0.25, 0.3) is 34.0 Å². The molecule has 150 valence electrons. The molecule has 0 saturated carbocycles. The first kappa shape index (κ1) is 18.8. The Kier molecular flexibility index (Phi) is 5.03. The Morgan fingerprint density at radius 1 is 0.871 bits per heavy atom. The lowest BCUT2D eigenvalue weighted by Gasteiger charge is -2.01. The van der Waals surface area contributed by atoms with E-state index in [4.69, 9.17) is 9.52 Å². The molecule has 0 bridgehead atoms. The largest absolute Gasteiger partial charge is 0.422 e. The van der Waals surface area contributed by atoms with Crippen LogP contribution < -0.4 is 5.63 Å². The van der Waals surface area contributed by atoms with E-state index in [0.717, 1.165) is 23.1 Å². The highest BCUT2D eigenvalue weighted by Crippen LogP contribution is 2.25. The molecule has 0 aliphatic heterocycles. The third-order valence-electron chi connectivity index (χ3n) is 5.15. The van der Waals surface area contributed by atoms with Gasteiger partial charge in [-0.15, -0.1) is 0 Å². The van der Waals surface area contributed by atoms with Crippen LogP contribution in [0.2, 0.25) is 0 Å². The molecule has 0 spiro atoms. The normalized spacial score (nSPS) is 11.4. The summed E-state index contributed by atoms with van der Waals surface area (Å²) in [6, 6.07) is 29.5. The van der Waals surface area contributed by atoms with Gasteiger partial charge in [0.2, 0.25) is 0 Å². The smallest absolute Gasteiger partial charge is 0.345 e. The van der Waals surface area contributed by atoms with Gasteiger partial charge >= 0.3 is 5.63 Å². The number of rotatable bonds is 5. The standard InChI is InChI=1S/C27H20N2O2/c30-27-24(18-21-13-7-8-17-25(21)31-27)26-22(14-9-12-20-10-3-1-4-11-20)19-29(28-26)23-15-5-2-6-16-23/h1-11,13-19H,12H2/b14-9+. The maximum atomic E-state index is 12.8. The number of hydrogen-bond acceptors (Lipinski definition) is 3. The highest BCUT2D eigenvalue weighted by molar-refractivity contribution is 5.82. The molecule has 2 aromatic heterocycles. The van der Waals surface area contributed by atoms with Crippen molar-refractivity contribution in [2.75, 3.05) is 0 Å². The summed E-state index contributed by atoms with van der Waals surface area (Å²) in [6.45, 7) is 0. The lowest BCUT2D eigenvalue weighted by molar-refractivity contribution is 0.563. The van der Waals surface area contributed by atoms with Gasteiger partial charge < -0.3 is 4.42 Å². The molecule has 0 unspecified atom stereocenters. The fraction of sp³-hybridized carbons (Fsp3) is 0.0370. The Balaban J connectivity index is 1.60. The summed E-state index contributed by atoms with van der Waals surface area (Å²) >= 11 is 0. The van der Waals surface area contributed by atoms with Gasteiger partial charge in [-0.2, -0.15) is 5.10 Å². The van der Waals surface area contributed by atoms with Crippen LogP contribution in [0.1, 0.15) is 11.1 Å². The van der Waals surface area contributed by atoms with Gasteiger partial charge in [-0.3, -0.25) is 0 Å². The van der Waals surface area contributed by atoms with Crippen LogP contribution in [0.5, 0.6) is 0 Å². The second-order valence-corrected chi connectivity index (χ2v) is 7.29. The van der Waals surface area contributed by atoms with E-state index in [2.05, 4.69) is 18.2 Å². The minimum Gasteiger partial charge on any atom is -0.422 e. The van der Waals surface area contributed by atoms with E-state index in [9.17, 15) is 4.79 Å². The molecule has 5 rings (SSSR count). The van der Waals surface area contributed by atoms with E-state index >= 15 is 0 Å². The summed E-state index contributed by atoms with van der Waals surface area (Å²) in [5.41, 5.74) is 4.25. The number of para-hydroxylation sites is 2. The molecule has 2 heterocycles. The van der Waals surface area contributed by atoms with Crippen molar-refractivity contribution in [2.45, 2.75) is 6.42 Å². The first-order valence-electron chi connectivity index (χ1n) is 10.2. The molecule has 4 heteroatoms. The van der Waals surface area contributed by atoms with Crippen molar-refractivity contribution in [3.63, 3.8) is 0 Å². The Labute approximate surface area is 179 Å². The number of allylic oxidation sites excluding steroid dienone is 1. The molecule has 0 amide bonds. The van der Waals surface area contributed by atoms with Gasteiger partial charge in [0.25, 0.3) is 0 Å². The summed E-state index contributed by atoms with van der Waals surface area (Å²) in [4.78, 5) is 12.8. The third kappa shape index (κ3) is 3.96. The van der Waals surface area contributed by atoms with E-state index in [1.165, 1.54) is 5.56 Å². The topological polar surface area (TPSA) is 48.0 Å². The SMILES string of the molecule is O=c1oc2ccccc2cc1-c1nn(-c2ccccc2)cc1/C=C/Cc1ccccc1. The minimum atomic E-state index is -0.394. The molecular weight excluding hydrogens is 384 g/mol. The maximum Gasteiger partial charge on any atom is 0.345 e. The monoisotopic (exact) mass is 404 g/mol. The van der Waals surface area contributed by atoms with Crippen LogP contribution in [0, 0.1) is 0 Å². The van der Waals surface area contributed by atoms with Crippen LogP contribution >= 0.6 is 0 Å². The second kappa shape index (κ2) is 8.28. The van der Waals surface area contributed by atoms with Crippen LogP contribution in [-0.2, 0) is 6.42 Å². The number of fused-ring (bicyclic) bond motifs is 1. The molecule has 0 saturated heterocycles. The highest BCUT2D eigenvalue weighted by Gasteiger charge is 2.16. The van der Waals surface area contributed by atoms with E-state index in [0.29, 0.717) is 16.8 Å². The van der Waals surface area contributed by atoms with Crippen LogP contribution in [0.4, 0.5) is 0 Å². The van der Waals surface area contributed by atoms with E-state index in [-0.39, 0.29) is 0 Å². The maximum absolute atomic E-state index is 12.8. The lowest BCUT2D eigenvalue weighted by Crippen LogP contribution is -2.04. The zero-order valence-electron chi connectivity index (χ0n) is 16.8. The van der Waals surface area contributed by atoms with Crippen molar-refractivity contribution in [3.05, 3.63) is 125 Å². The highest BCUT2D eigenvalue weighted by atomic mass is 16.4. The number of benzene rings is 3. The summed E-state index contributed by atoms with van der Waals surface area (Å²) in [6.07, 6.45) is 6.85. The first-order valence-corrected chi connectivity index (χ1v) is 10.2. The molecule has 0 aliphatic carbocycles. The van der Waals surface area contributed by atoms with Crippen molar-refractivity contribution in [2.24, 2.45) is 0 Å². The molecule has 31 heavy (non-hydrogen) atoms. The quantitative estimate of drug-likeness (QED) is 0.343. The average molecular weight is 404 g/mol. The molecule has 0 atom stereocenters. The number of nitrogens with zero attached hydrogens (tertiary/aromatic N) is 2. The molecule has 3 aromatic carbocycles. The Hall–Kier alpha value is -4.18. The van der Waals surface area contributed by atoms with Gasteiger partial charge in [-0.25, -0.2) is 9.48 Å². The van der Waals surface area contributed by atoms with Crippen molar-refractivity contribution in [3.8, 4) is 16.9 Å². The molecule has 0 radical (unpaired) electrons. The van der Waals surface area contributed by atoms with Crippen LogP contribution in [0.3, 0.4) is 0 Å². The predicted molar refractivity (Wildman–Crippen MR) is 124 cm³/mol. The molecule has 0 N–H and O–H groups in total. The Morgan fingerprint density at radius 3 is 2.39 bits per heavy atom. The lowest BCUT2D eigenvalue weighted by atomic mass is 10.1. The summed E-state index contributed by atoms with van der Waals surface area (Å²) in [5.74, 6) is 0. The molecule has 5 aromatic rings. The Bertz CT molecular complexity index is 1410. The van der Waals surface area contributed by atoms with Gasteiger partial charge in [0.1, 0.15) is 11.3 Å². The second-order valence-electron chi connectivity index (χ2n) is 7.29. The number of aromatic nitrogens is 2. The third-order valence-corrected chi connectivity index (χ3v) is 5.15. The zero-order chi connectivity index (χ0) is 21.0. The fourth-order valence-electron chi connectivity index (χ4n) is 3.59. The van der Waals surface area contributed by atoms with E-state index in [1.807, 2.05) is 85.1 Å². The van der Waals surface area contributed by atoms with E-state index < -0.39 is 5.63 Å². The van der Waals surface area contributed by atoms with Crippen molar-refractivity contribution in [1.29, 1.82) is 0 Å². The average Bonchev–Trinajstić information content (AvgIpc) is 3.24. The summed E-state index contributed by atoms with van der Waals surface area (Å²) < 4.78 is 7.36. The van der Waals surface area contributed by atoms with Gasteiger partial charge in [-0.1, -0.05) is 78.9 Å². The molecule has 4 nitrogen and oxygen atoms in total. The van der Waals surface area contributed by atoms with Crippen LogP contribution in [0.15, 0.2) is 112 Å². The van der Waals surface area contributed by atoms with Crippen molar-refractivity contribution < 1.29 is 4.42 Å². The molecular formula is C27H20N2O2. The Morgan fingerprint density at radius 2 is 1.58 bits per heavy atom. The van der Waals surface area contributed by atoms with Crippen LogP contribution in [-0.4, -0.2) is 9.78 Å². The first-order chi connectivity index (χ1) is 15.3. The number of hydrogen-bond donors (Lipinski definition) is 0. The zero-order valence-corrected chi connectivity index (χ0v) is 16.8. The van der Waals surface area contributed by atoms with Gasteiger partial charge in [0.15, 0.2) is 0 Å². The van der Waals surface area contributed by atoms with Gasteiger partial charge in [-0.05, 0) is 36.2 Å². The fourth-order valence-corrected chi connectivity index (χ4v) is 3.59. The summed E-state index contributed by atoms with van der Waals surface area (Å²) in [5, 5.41) is 5.62. The molecule has 0 aliphatic rings. The van der Waals surface area contributed by atoms with E-state index in [1.54, 1.807) is 10.7 Å². The minimum absolute atomic E-state index is 0.394.